The number of rotatable bonds is 5. The summed E-state index contributed by atoms with van der Waals surface area (Å²) >= 11 is 0. The number of carboxylic acids is 1. The standard InChI is InChI=1S/C14H19N5O4S/c1-17-6-8-18(9-7-17)24(22,23)11-2-3-13-12(10-11)15-16-19(13)5-4-14(20)21/h2-3,10H,4-9H2,1H3,(H,20,21). The number of fused-ring (bicyclic) bond motifs is 1. The van der Waals surface area contributed by atoms with E-state index in [1.807, 2.05) is 7.05 Å². The van der Waals surface area contributed by atoms with Gasteiger partial charge < -0.3 is 10.0 Å². The first-order chi connectivity index (χ1) is 11.4. The molecule has 1 aromatic heterocycles. The van der Waals surface area contributed by atoms with Gasteiger partial charge >= 0.3 is 5.97 Å². The maximum Gasteiger partial charge on any atom is 0.305 e. The minimum atomic E-state index is -3.56. The predicted molar refractivity (Wildman–Crippen MR) is 86.0 cm³/mol. The van der Waals surface area contributed by atoms with Crippen molar-refractivity contribution in [2.75, 3.05) is 33.2 Å². The van der Waals surface area contributed by atoms with Gasteiger partial charge in [-0.05, 0) is 25.2 Å². The molecule has 0 saturated carbocycles. The highest BCUT2D eigenvalue weighted by atomic mass is 32.2. The van der Waals surface area contributed by atoms with E-state index >= 15 is 0 Å². The Labute approximate surface area is 139 Å². The molecule has 2 heterocycles. The van der Waals surface area contributed by atoms with Crippen molar-refractivity contribution in [1.82, 2.24) is 24.2 Å². The molecule has 0 bridgehead atoms. The topological polar surface area (TPSA) is 109 Å². The summed E-state index contributed by atoms with van der Waals surface area (Å²) in [4.78, 5) is 12.9. The van der Waals surface area contributed by atoms with Crippen LogP contribution < -0.4 is 0 Å². The summed E-state index contributed by atoms with van der Waals surface area (Å²) in [6.45, 7) is 2.51. The van der Waals surface area contributed by atoms with Crippen molar-refractivity contribution in [2.24, 2.45) is 0 Å². The van der Waals surface area contributed by atoms with Crippen molar-refractivity contribution in [3.05, 3.63) is 18.2 Å². The van der Waals surface area contributed by atoms with Gasteiger partial charge in [0.15, 0.2) is 0 Å². The Morgan fingerprint density at radius 3 is 2.62 bits per heavy atom. The Kier molecular flexibility index (Phi) is 4.52. The number of hydrogen-bond acceptors (Lipinski definition) is 6. The Balaban J connectivity index is 1.86. The Morgan fingerprint density at radius 1 is 1.25 bits per heavy atom. The second-order valence-electron chi connectivity index (χ2n) is 5.81. The molecule has 10 heteroatoms. The van der Waals surface area contributed by atoms with Gasteiger partial charge in [0.2, 0.25) is 10.0 Å². The van der Waals surface area contributed by atoms with E-state index in [1.54, 1.807) is 6.07 Å². The van der Waals surface area contributed by atoms with Gasteiger partial charge in [0.05, 0.1) is 23.4 Å². The van der Waals surface area contributed by atoms with E-state index in [1.165, 1.54) is 21.1 Å². The molecule has 3 rings (SSSR count). The van der Waals surface area contributed by atoms with Crippen molar-refractivity contribution in [2.45, 2.75) is 17.9 Å². The molecule has 0 aliphatic carbocycles. The fraction of sp³-hybridized carbons (Fsp3) is 0.500. The van der Waals surface area contributed by atoms with Crippen molar-refractivity contribution in [3.63, 3.8) is 0 Å². The lowest BCUT2D eigenvalue weighted by Crippen LogP contribution is -2.46. The first-order valence-corrected chi connectivity index (χ1v) is 9.05. The average Bonchev–Trinajstić information content (AvgIpc) is 2.95. The van der Waals surface area contributed by atoms with Crippen LogP contribution >= 0.6 is 0 Å². The molecule has 0 spiro atoms. The van der Waals surface area contributed by atoms with Crippen LogP contribution in [-0.2, 0) is 21.4 Å². The lowest BCUT2D eigenvalue weighted by atomic mass is 10.3. The van der Waals surface area contributed by atoms with Crippen molar-refractivity contribution >= 4 is 27.0 Å². The first-order valence-electron chi connectivity index (χ1n) is 7.61. The van der Waals surface area contributed by atoms with Crippen LogP contribution in [0.5, 0.6) is 0 Å². The van der Waals surface area contributed by atoms with Crippen LogP contribution in [0, 0.1) is 0 Å². The number of nitrogens with zero attached hydrogens (tertiary/aromatic N) is 5. The van der Waals surface area contributed by atoms with Gasteiger partial charge in [-0.25, -0.2) is 13.1 Å². The minimum Gasteiger partial charge on any atom is -0.481 e. The van der Waals surface area contributed by atoms with E-state index in [2.05, 4.69) is 15.2 Å². The van der Waals surface area contributed by atoms with Gasteiger partial charge in [-0.1, -0.05) is 5.21 Å². The van der Waals surface area contributed by atoms with Crippen LogP contribution in [0.1, 0.15) is 6.42 Å². The minimum absolute atomic E-state index is 0.0696. The molecule has 0 atom stereocenters. The molecule has 1 saturated heterocycles. The quantitative estimate of drug-likeness (QED) is 0.796. The lowest BCUT2D eigenvalue weighted by Gasteiger charge is -2.31. The molecule has 1 fully saturated rings. The van der Waals surface area contributed by atoms with Gasteiger partial charge in [-0.3, -0.25) is 4.79 Å². The number of sulfonamides is 1. The Bertz CT molecular complexity index is 855. The number of piperazine rings is 1. The van der Waals surface area contributed by atoms with E-state index in [0.717, 1.165) is 0 Å². The van der Waals surface area contributed by atoms with E-state index in [0.29, 0.717) is 37.2 Å². The second-order valence-corrected chi connectivity index (χ2v) is 7.75. The number of hydrogen-bond donors (Lipinski definition) is 1. The normalized spacial score (nSPS) is 17.4. The summed E-state index contributed by atoms with van der Waals surface area (Å²) in [5.74, 6) is -0.923. The fourth-order valence-corrected chi connectivity index (χ4v) is 4.10. The monoisotopic (exact) mass is 353 g/mol. The lowest BCUT2D eigenvalue weighted by molar-refractivity contribution is -0.137. The molecular formula is C14H19N5O4S. The average molecular weight is 353 g/mol. The molecular weight excluding hydrogens is 334 g/mol. The van der Waals surface area contributed by atoms with Crippen LogP contribution in [0.25, 0.3) is 11.0 Å². The molecule has 1 aromatic carbocycles. The maximum absolute atomic E-state index is 12.7. The molecule has 1 aliphatic heterocycles. The zero-order chi connectivity index (χ0) is 17.3. The highest BCUT2D eigenvalue weighted by Crippen LogP contribution is 2.21. The van der Waals surface area contributed by atoms with E-state index in [4.69, 9.17) is 5.11 Å². The molecule has 0 unspecified atom stereocenters. The van der Waals surface area contributed by atoms with Crippen LogP contribution in [0.2, 0.25) is 0 Å². The molecule has 2 aromatic rings. The third-order valence-electron chi connectivity index (χ3n) is 4.12. The number of aromatic nitrogens is 3. The van der Waals surface area contributed by atoms with E-state index in [9.17, 15) is 13.2 Å². The first kappa shape index (κ1) is 16.8. The van der Waals surface area contributed by atoms with Gasteiger partial charge in [-0.2, -0.15) is 4.31 Å². The van der Waals surface area contributed by atoms with Crippen LogP contribution in [0.3, 0.4) is 0 Å². The van der Waals surface area contributed by atoms with Gasteiger partial charge in [0.1, 0.15) is 5.52 Å². The number of carboxylic acid groups (broad SMARTS) is 1. The van der Waals surface area contributed by atoms with Crippen LogP contribution in [0.4, 0.5) is 0 Å². The summed E-state index contributed by atoms with van der Waals surface area (Å²) in [5.41, 5.74) is 1.06. The van der Waals surface area contributed by atoms with E-state index < -0.39 is 16.0 Å². The third kappa shape index (κ3) is 3.25. The number of benzene rings is 1. The SMILES string of the molecule is CN1CCN(S(=O)(=O)c2ccc3c(c2)nnn3CCC(=O)O)CC1. The van der Waals surface area contributed by atoms with Gasteiger partial charge in [0, 0.05) is 26.2 Å². The predicted octanol–water partition coefficient (Wildman–Crippen LogP) is -0.158. The van der Waals surface area contributed by atoms with Crippen molar-refractivity contribution in [1.29, 1.82) is 0 Å². The number of aryl methyl sites for hydroxylation is 1. The zero-order valence-electron chi connectivity index (χ0n) is 13.3. The fourth-order valence-electron chi connectivity index (χ4n) is 2.66. The van der Waals surface area contributed by atoms with Crippen molar-refractivity contribution in [3.8, 4) is 0 Å². The Morgan fingerprint density at radius 2 is 1.96 bits per heavy atom. The molecule has 0 amide bonds. The zero-order valence-corrected chi connectivity index (χ0v) is 14.1. The molecule has 0 radical (unpaired) electrons. The second kappa shape index (κ2) is 6.46. The van der Waals surface area contributed by atoms with E-state index in [-0.39, 0.29) is 17.9 Å². The third-order valence-corrected chi connectivity index (χ3v) is 6.02. The Hall–Kier alpha value is -2.04. The van der Waals surface area contributed by atoms with Crippen LogP contribution in [-0.4, -0.2) is 76.9 Å². The smallest absolute Gasteiger partial charge is 0.305 e. The summed E-state index contributed by atoms with van der Waals surface area (Å²) in [6, 6.07) is 4.64. The van der Waals surface area contributed by atoms with Crippen molar-refractivity contribution < 1.29 is 18.3 Å². The highest BCUT2D eigenvalue weighted by molar-refractivity contribution is 7.89. The number of aliphatic carboxylic acids is 1. The van der Waals surface area contributed by atoms with Gasteiger partial charge in [0.25, 0.3) is 0 Å². The van der Waals surface area contributed by atoms with Gasteiger partial charge in [-0.15, -0.1) is 5.10 Å². The largest absolute Gasteiger partial charge is 0.481 e. The highest BCUT2D eigenvalue weighted by Gasteiger charge is 2.28. The summed E-state index contributed by atoms with van der Waals surface area (Å²) in [7, 11) is -1.59. The van der Waals surface area contributed by atoms with Crippen LogP contribution in [0.15, 0.2) is 23.1 Å². The molecule has 24 heavy (non-hydrogen) atoms. The molecule has 130 valence electrons. The maximum atomic E-state index is 12.7. The molecule has 9 nitrogen and oxygen atoms in total. The number of carbonyl (C=O) groups is 1. The molecule has 1 aliphatic rings. The summed E-state index contributed by atoms with van der Waals surface area (Å²) in [6.07, 6.45) is -0.0696. The molecule has 1 N–H and O–H groups in total. The summed E-state index contributed by atoms with van der Waals surface area (Å²) < 4.78 is 28.4. The number of likely N-dealkylation sites (N-methyl/N-ethyl adjacent to an activating group) is 1. The summed E-state index contributed by atoms with van der Waals surface area (Å²) in [5, 5.41) is 16.6.